The van der Waals surface area contributed by atoms with Crippen LogP contribution in [0.15, 0.2) is 18.5 Å². The molecule has 2 heterocycles. The first-order chi connectivity index (χ1) is 11.9. The molecule has 0 bridgehead atoms. The molecule has 136 valence electrons. The number of carbonyl (C=O) groups is 1. The van der Waals surface area contributed by atoms with Crippen molar-refractivity contribution in [2.75, 3.05) is 13.1 Å². The lowest BCUT2D eigenvalue weighted by molar-refractivity contribution is -0.119. The molecule has 6 heteroatoms. The minimum atomic E-state index is -0.507. The van der Waals surface area contributed by atoms with Gasteiger partial charge in [-0.15, -0.1) is 0 Å². The predicted octanol–water partition coefficient (Wildman–Crippen LogP) is 1.74. The molecular weight excluding hydrogens is 316 g/mol. The third-order valence-electron chi connectivity index (χ3n) is 5.28. The Morgan fingerprint density at radius 3 is 2.84 bits per heavy atom. The Morgan fingerprint density at radius 2 is 2.08 bits per heavy atom. The van der Waals surface area contributed by atoms with Gasteiger partial charge in [-0.3, -0.25) is 9.69 Å². The molecule has 3 N–H and O–H groups in total. The lowest BCUT2D eigenvalue weighted by Gasteiger charge is -2.36. The lowest BCUT2D eigenvalue weighted by Crippen LogP contribution is -2.46. The monoisotopic (exact) mass is 344 g/mol. The Labute approximate surface area is 148 Å². The summed E-state index contributed by atoms with van der Waals surface area (Å²) < 4.78 is 2.01. The molecule has 1 aliphatic rings. The number of amides is 1. The number of β-amino-alcohol motifs (C(OH)–C–C–N with tert-alkyl or cyclic N) is 1. The van der Waals surface area contributed by atoms with Crippen LogP contribution in [0.4, 0.5) is 0 Å². The summed E-state index contributed by atoms with van der Waals surface area (Å²) in [6.45, 7) is 6.14. The molecule has 2 atom stereocenters. The van der Waals surface area contributed by atoms with E-state index in [1.165, 1.54) is 11.1 Å². The van der Waals surface area contributed by atoms with Crippen molar-refractivity contribution in [3.63, 3.8) is 0 Å². The normalized spacial score (nSPS) is 20.0. The Balaban J connectivity index is 1.68. The topological polar surface area (TPSA) is 84.4 Å². The number of aliphatic hydroxyl groups excluding tert-OH is 1. The van der Waals surface area contributed by atoms with Crippen molar-refractivity contribution in [2.24, 2.45) is 5.73 Å². The fraction of sp³-hybridized carbons (Fsp3) is 0.579. The average molecular weight is 344 g/mol. The molecule has 1 aliphatic heterocycles. The number of rotatable bonds is 6. The van der Waals surface area contributed by atoms with Gasteiger partial charge in [0.05, 0.1) is 30.0 Å². The largest absolute Gasteiger partial charge is 0.390 e. The number of aryl methyl sites for hydroxylation is 2. The average Bonchev–Trinajstić information content (AvgIpc) is 2.91. The Kier molecular flexibility index (Phi) is 5.39. The molecule has 2 aromatic rings. The number of nitrogens with two attached hydrogens (primary N) is 1. The summed E-state index contributed by atoms with van der Waals surface area (Å²) in [5, 5.41) is 10.6. The number of carbonyl (C=O) groups excluding carboxylic acids is 1. The molecule has 1 amide bonds. The van der Waals surface area contributed by atoms with Crippen LogP contribution in [0.25, 0.3) is 11.0 Å². The Bertz CT molecular complexity index is 755. The summed E-state index contributed by atoms with van der Waals surface area (Å²) in [6, 6.07) is 4.37. The van der Waals surface area contributed by atoms with E-state index in [1.54, 1.807) is 6.33 Å². The third-order valence-corrected chi connectivity index (χ3v) is 5.28. The van der Waals surface area contributed by atoms with Crippen molar-refractivity contribution < 1.29 is 9.90 Å². The molecule has 0 aliphatic carbocycles. The number of nitrogens with zero attached hydrogens (tertiary/aromatic N) is 3. The first kappa shape index (κ1) is 17.9. The lowest BCUT2D eigenvalue weighted by atomic mass is 9.98. The van der Waals surface area contributed by atoms with Gasteiger partial charge in [-0.2, -0.15) is 0 Å². The zero-order valence-corrected chi connectivity index (χ0v) is 15.1. The first-order valence-electron chi connectivity index (χ1n) is 9.06. The van der Waals surface area contributed by atoms with Gasteiger partial charge in [0.2, 0.25) is 5.91 Å². The van der Waals surface area contributed by atoms with Crippen LogP contribution in [0.2, 0.25) is 0 Å². The van der Waals surface area contributed by atoms with Crippen LogP contribution in [0.5, 0.6) is 0 Å². The molecule has 0 spiro atoms. The van der Waals surface area contributed by atoms with Crippen molar-refractivity contribution in [1.29, 1.82) is 0 Å². The van der Waals surface area contributed by atoms with Crippen LogP contribution < -0.4 is 5.73 Å². The second-order valence-corrected chi connectivity index (χ2v) is 7.29. The zero-order valence-electron chi connectivity index (χ0n) is 15.1. The van der Waals surface area contributed by atoms with Crippen molar-refractivity contribution in [2.45, 2.75) is 58.2 Å². The number of primary amides is 1. The molecule has 6 nitrogen and oxygen atoms in total. The van der Waals surface area contributed by atoms with Gasteiger partial charge >= 0.3 is 0 Å². The van der Waals surface area contributed by atoms with E-state index < -0.39 is 6.10 Å². The molecule has 1 aromatic heterocycles. The smallest absolute Gasteiger partial charge is 0.218 e. The van der Waals surface area contributed by atoms with Gasteiger partial charge < -0.3 is 15.4 Å². The maximum atomic E-state index is 11.3. The molecule has 25 heavy (non-hydrogen) atoms. The van der Waals surface area contributed by atoms with Gasteiger partial charge in [-0.1, -0.05) is 6.42 Å². The first-order valence-corrected chi connectivity index (χ1v) is 9.06. The molecule has 1 aromatic carbocycles. The highest BCUT2D eigenvalue weighted by Crippen LogP contribution is 2.21. The van der Waals surface area contributed by atoms with Crippen LogP contribution in [0.1, 0.15) is 36.8 Å². The maximum absolute atomic E-state index is 11.3. The highest BCUT2D eigenvalue weighted by molar-refractivity contribution is 5.77. The maximum Gasteiger partial charge on any atom is 0.218 e. The number of hydrogen-bond donors (Lipinski definition) is 2. The van der Waals surface area contributed by atoms with Gasteiger partial charge in [0.15, 0.2) is 0 Å². The molecule has 0 radical (unpaired) electrons. The highest BCUT2D eigenvalue weighted by atomic mass is 16.3. The van der Waals surface area contributed by atoms with E-state index in [-0.39, 0.29) is 11.9 Å². The summed E-state index contributed by atoms with van der Waals surface area (Å²) in [4.78, 5) is 17.9. The number of piperidine rings is 1. The van der Waals surface area contributed by atoms with E-state index in [0.717, 1.165) is 36.8 Å². The van der Waals surface area contributed by atoms with E-state index in [0.29, 0.717) is 19.5 Å². The second-order valence-electron chi connectivity index (χ2n) is 7.29. The summed E-state index contributed by atoms with van der Waals surface area (Å²) in [5.74, 6) is -0.266. The van der Waals surface area contributed by atoms with Gasteiger partial charge in [-0.25, -0.2) is 4.98 Å². The standard InChI is InChI=1S/C19H28N4O2/c1-13-7-17-18(8-14(13)2)23(12-21-17)11-16(24)10-22-6-4-3-5-15(22)9-19(20)25/h7-8,12,15-16,24H,3-6,9-11H2,1-2H3,(H2,20,25). The molecular formula is C19H28N4O2. The minimum Gasteiger partial charge on any atom is -0.390 e. The van der Waals surface area contributed by atoms with E-state index in [9.17, 15) is 9.90 Å². The van der Waals surface area contributed by atoms with E-state index >= 15 is 0 Å². The number of fused-ring (bicyclic) bond motifs is 1. The van der Waals surface area contributed by atoms with Crippen LogP contribution >= 0.6 is 0 Å². The van der Waals surface area contributed by atoms with E-state index in [2.05, 4.69) is 35.9 Å². The highest BCUT2D eigenvalue weighted by Gasteiger charge is 2.25. The van der Waals surface area contributed by atoms with Gasteiger partial charge in [0.25, 0.3) is 0 Å². The van der Waals surface area contributed by atoms with Crippen molar-refractivity contribution in [3.05, 3.63) is 29.6 Å². The number of hydrogen-bond acceptors (Lipinski definition) is 4. The SMILES string of the molecule is Cc1cc2ncn(CC(O)CN3CCCCC3CC(N)=O)c2cc1C. The number of likely N-dealkylation sites (tertiary alicyclic amines) is 1. The van der Waals surface area contributed by atoms with E-state index in [1.807, 2.05) is 4.57 Å². The van der Waals surface area contributed by atoms with E-state index in [4.69, 9.17) is 5.73 Å². The molecule has 1 fully saturated rings. The number of benzene rings is 1. The fourth-order valence-electron chi connectivity index (χ4n) is 3.78. The zero-order chi connectivity index (χ0) is 18.0. The summed E-state index contributed by atoms with van der Waals surface area (Å²) >= 11 is 0. The second kappa shape index (κ2) is 7.54. The summed E-state index contributed by atoms with van der Waals surface area (Å²) in [5.41, 5.74) is 9.83. The van der Waals surface area contributed by atoms with Gasteiger partial charge in [0, 0.05) is 19.0 Å². The third kappa shape index (κ3) is 4.19. The quantitative estimate of drug-likeness (QED) is 0.836. The molecule has 2 unspecified atom stereocenters. The van der Waals surface area contributed by atoms with Crippen LogP contribution in [-0.4, -0.2) is 50.7 Å². The number of aromatic nitrogens is 2. The predicted molar refractivity (Wildman–Crippen MR) is 98.2 cm³/mol. The van der Waals surface area contributed by atoms with Crippen molar-refractivity contribution in [1.82, 2.24) is 14.5 Å². The van der Waals surface area contributed by atoms with Crippen molar-refractivity contribution >= 4 is 16.9 Å². The van der Waals surface area contributed by atoms with Crippen molar-refractivity contribution in [3.8, 4) is 0 Å². The fourth-order valence-corrected chi connectivity index (χ4v) is 3.78. The Morgan fingerprint density at radius 1 is 1.32 bits per heavy atom. The number of aliphatic hydroxyl groups is 1. The van der Waals surface area contributed by atoms with Gasteiger partial charge in [0.1, 0.15) is 0 Å². The summed E-state index contributed by atoms with van der Waals surface area (Å²) in [6.07, 6.45) is 4.86. The van der Waals surface area contributed by atoms with Crippen LogP contribution in [-0.2, 0) is 11.3 Å². The Hall–Kier alpha value is -1.92. The molecule has 0 saturated carbocycles. The molecule has 3 rings (SSSR count). The minimum absolute atomic E-state index is 0.158. The van der Waals surface area contributed by atoms with Crippen LogP contribution in [0, 0.1) is 13.8 Å². The molecule has 1 saturated heterocycles. The summed E-state index contributed by atoms with van der Waals surface area (Å²) in [7, 11) is 0. The number of imidazole rings is 1. The van der Waals surface area contributed by atoms with Crippen LogP contribution in [0.3, 0.4) is 0 Å². The van der Waals surface area contributed by atoms with Gasteiger partial charge in [-0.05, 0) is 56.5 Å².